The molecule has 1 unspecified atom stereocenters. The predicted octanol–water partition coefficient (Wildman–Crippen LogP) is 4.61. The second-order valence-electron chi connectivity index (χ2n) is 6.13. The molecule has 1 N–H and O–H groups in total. The molecule has 5 nitrogen and oxygen atoms in total. The number of thiazole rings is 1. The molecule has 1 atom stereocenters. The number of aryl methyl sites for hydroxylation is 2. The third kappa shape index (κ3) is 2.53. The van der Waals surface area contributed by atoms with E-state index < -0.39 is 0 Å². The zero-order valence-electron chi connectivity index (χ0n) is 14.2. The molecule has 3 aromatic heterocycles. The van der Waals surface area contributed by atoms with Gasteiger partial charge < -0.3 is 5.32 Å². The summed E-state index contributed by atoms with van der Waals surface area (Å²) >= 11 is 1.69. The number of para-hydroxylation sites is 2. The minimum atomic E-state index is 0.0652. The van der Waals surface area contributed by atoms with Crippen LogP contribution in [0.4, 0.5) is 5.82 Å². The minimum absolute atomic E-state index is 0.0652. The van der Waals surface area contributed by atoms with Crippen LogP contribution in [0.25, 0.3) is 16.7 Å². The van der Waals surface area contributed by atoms with Crippen LogP contribution in [-0.4, -0.2) is 14.4 Å². The van der Waals surface area contributed by atoms with Gasteiger partial charge in [0.2, 0.25) is 0 Å². The van der Waals surface area contributed by atoms with Crippen molar-refractivity contribution in [3.05, 3.63) is 57.5 Å². The van der Waals surface area contributed by atoms with Crippen molar-refractivity contribution in [3.63, 3.8) is 0 Å². The Hall–Kier alpha value is -2.91. The highest BCUT2D eigenvalue weighted by Crippen LogP contribution is 2.29. The maximum absolute atomic E-state index is 9.56. The number of nitrogens with zero attached hydrogens (tertiary/aromatic N) is 4. The van der Waals surface area contributed by atoms with Crippen LogP contribution in [0.5, 0.6) is 0 Å². The lowest BCUT2D eigenvalue weighted by atomic mass is 10.1. The maximum atomic E-state index is 9.56. The molecular formula is C19H17N5S. The Labute approximate surface area is 149 Å². The van der Waals surface area contributed by atoms with Crippen molar-refractivity contribution >= 4 is 33.8 Å². The quantitative estimate of drug-likeness (QED) is 0.588. The van der Waals surface area contributed by atoms with Crippen molar-refractivity contribution < 1.29 is 0 Å². The van der Waals surface area contributed by atoms with Gasteiger partial charge in [0.1, 0.15) is 16.9 Å². The van der Waals surface area contributed by atoms with Gasteiger partial charge in [-0.3, -0.25) is 4.40 Å². The number of benzene rings is 1. The number of anilines is 1. The summed E-state index contributed by atoms with van der Waals surface area (Å²) in [4.78, 5) is 10.3. The van der Waals surface area contributed by atoms with E-state index in [4.69, 9.17) is 0 Å². The van der Waals surface area contributed by atoms with Gasteiger partial charge in [-0.15, -0.1) is 11.3 Å². The number of fused-ring (bicyclic) bond motifs is 3. The zero-order chi connectivity index (χ0) is 17.6. The van der Waals surface area contributed by atoms with E-state index in [-0.39, 0.29) is 6.04 Å². The summed E-state index contributed by atoms with van der Waals surface area (Å²) in [5.74, 6) is 0.917. The largest absolute Gasteiger partial charge is 0.362 e. The first kappa shape index (κ1) is 15.6. The molecule has 0 aliphatic carbocycles. The summed E-state index contributed by atoms with van der Waals surface area (Å²) in [5, 5.41) is 14.1. The minimum Gasteiger partial charge on any atom is -0.362 e. The highest BCUT2D eigenvalue weighted by Gasteiger charge is 2.17. The van der Waals surface area contributed by atoms with Crippen molar-refractivity contribution in [2.24, 2.45) is 0 Å². The molecule has 4 aromatic rings. The summed E-state index contributed by atoms with van der Waals surface area (Å²) in [6.07, 6.45) is 1.89. The Balaban J connectivity index is 1.92. The molecule has 25 heavy (non-hydrogen) atoms. The summed E-state index contributed by atoms with van der Waals surface area (Å²) in [5.41, 5.74) is 4.08. The van der Waals surface area contributed by atoms with Crippen molar-refractivity contribution in [1.82, 2.24) is 14.4 Å². The summed E-state index contributed by atoms with van der Waals surface area (Å²) in [7, 11) is 0. The zero-order valence-corrected chi connectivity index (χ0v) is 15.1. The maximum Gasteiger partial charge on any atom is 0.157 e. The van der Waals surface area contributed by atoms with Crippen LogP contribution < -0.4 is 5.32 Å². The van der Waals surface area contributed by atoms with Gasteiger partial charge >= 0.3 is 0 Å². The van der Waals surface area contributed by atoms with E-state index in [2.05, 4.69) is 35.2 Å². The summed E-state index contributed by atoms with van der Waals surface area (Å²) in [6.45, 7) is 6.10. The first-order chi connectivity index (χ1) is 12.1. The van der Waals surface area contributed by atoms with Crippen LogP contribution >= 0.6 is 11.3 Å². The molecule has 0 aliphatic rings. The normalized spacial score (nSPS) is 12.4. The number of hydrogen-bond donors (Lipinski definition) is 1. The molecule has 0 fully saturated rings. The first-order valence-corrected chi connectivity index (χ1v) is 8.90. The third-order valence-corrected chi connectivity index (χ3v) is 5.35. The van der Waals surface area contributed by atoms with Crippen molar-refractivity contribution in [2.75, 3.05) is 5.32 Å². The van der Waals surface area contributed by atoms with Crippen LogP contribution in [0.2, 0.25) is 0 Å². The Morgan fingerprint density at radius 1 is 1.28 bits per heavy atom. The van der Waals surface area contributed by atoms with Crippen LogP contribution in [0.15, 0.2) is 36.5 Å². The molecule has 0 spiro atoms. The van der Waals surface area contributed by atoms with Gasteiger partial charge in [0.15, 0.2) is 5.65 Å². The number of hydrogen-bond acceptors (Lipinski definition) is 5. The fourth-order valence-corrected chi connectivity index (χ4v) is 3.83. The van der Waals surface area contributed by atoms with Crippen LogP contribution in [-0.2, 0) is 0 Å². The monoisotopic (exact) mass is 347 g/mol. The van der Waals surface area contributed by atoms with E-state index in [0.717, 1.165) is 27.4 Å². The van der Waals surface area contributed by atoms with Crippen LogP contribution in [0.3, 0.4) is 0 Å². The second kappa shape index (κ2) is 5.87. The van der Waals surface area contributed by atoms with Gasteiger partial charge in [-0.1, -0.05) is 12.1 Å². The molecule has 4 rings (SSSR count). The van der Waals surface area contributed by atoms with Gasteiger partial charge in [-0.2, -0.15) is 5.26 Å². The van der Waals surface area contributed by atoms with E-state index in [1.807, 2.05) is 47.9 Å². The topological polar surface area (TPSA) is 66.0 Å². The lowest BCUT2D eigenvalue weighted by molar-refractivity contribution is 0.856. The molecule has 0 amide bonds. The Morgan fingerprint density at radius 2 is 2.08 bits per heavy atom. The molecule has 0 saturated carbocycles. The molecule has 6 heteroatoms. The van der Waals surface area contributed by atoms with Gasteiger partial charge in [-0.25, -0.2) is 9.97 Å². The van der Waals surface area contributed by atoms with Gasteiger partial charge in [-0.05, 0) is 44.5 Å². The van der Waals surface area contributed by atoms with Gasteiger partial charge in [0, 0.05) is 11.1 Å². The highest BCUT2D eigenvalue weighted by atomic mass is 32.1. The number of imidazole rings is 1. The Kier molecular flexibility index (Phi) is 3.66. The van der Waals surface area contributed by atoms with E-state index in [1.165, 1.54) is 4.88 Å². The number of rotatable bonds is 3. The van der Waals surface area contributed by atoms with E-state index in [1.54, 1.807) is 11.3 Å². The standard InChI is InChI=1S/C19H17N5S/c1-11-8-17(22-13(3)19-21-10-12(2)25-19)24-16-7-5-4-6-15(16)23-18(24)14(11)9-20/h4-8,10,13,22H,1-3H3. The third-order valence-electron chi connectivity index (χ3n) is 4.26. The number of aromatic nitrogens is 3. The van der Waals surface area contributed by atoms with Crippen LogP contribution in [0, 0.1) is 25.2 Å². The van der Waals surface area contributed by atoms with E-state index in [0.29, 0.717) is 11.2 Å². The molecule has 0 saturated heterocycles. The lowest BCUT2D eigenvalue weighted by Gasteiger charge is -2.16. The molecule has 0 bridgehead atoms. The van der Waals surface area contributed by atoms with Crippen molar-refractivity contribution in [2.45, 2.75) is 26.8 Å². The second-order valence-corrected chi connectivity index (χ2v) is 7.40. The predicted molar refractivity (Wildman–Crippen MR) is 101 cm³/mol. The highest BCUT2D eigenvalue weighted by molar-refractivity contribution is 7.11. The Morgan fingerprint density at radius 3 is 2.80 bits per heavy atom. The van der Waals surface area contributed by atoms with Gasteiger partial charge in [0.25, 0.3) is 0 Å². The lowest BCUT2D eigenvalue weighted by Crippen LogP contribution is -2.10. The molecule has 1 aromatic carbocycles. The molecule has 3 heterocycles. The fourth-order valence-electron chi connectivity index (χ4n) is 3.06. The Bertz CT molecular complexity index is 1130. The summed E-state index contributed by atoms with van der Waals surface area (Å²) in [6, 6.07) is 12.3. The van der Waals surface area contributed by atoms with E-state index >= 15 is 0 Å². The molecule has 124 valence electrons. The molecule has 0 radical (unpaired) electrons. The van der Waals surface area contributed by atoms with Gasteiger partial charge in [0.05, 0.1) is 22.6 Å². The SMILES string of the molecule is Cc1cnc(C(C)Nc2cc(C)c(C#N)c3nc4ccccc4n23)s1. The van der Waals surface area contributed by atoms with E-state index in [9.17, 15) is 5.26 Å². The first-order valence-electron chi connectivity index (χ1n) is 8.08. The fraction of sp³-hybridized carbons (Fsp3) is 0.211. The molecule has 0 aliphatic heterocycles. The summed E-state index contributed by atoms with van der Waals surface area (Å²) < 4.78 is 2.03. The number of nitrogens with one attached hydrogen (secondary N) is 1. The van der Waals surface area contributed by atoms with Crippen LogP contribution in [0.1, 0.15) is 34.0 Å². The van der Waals surface area contributed by atoms with Crippen molar-refractivity contribution in [3.8, 4) is 6.07 Å². The average Bonchev–Trinajstić information content (AvgIpc) is 3.18. The number of pyridine rings is 1. The molecular weight excluding hydrogens is 330 g/mol. The average molecular weight is 347 g/mol. The number of nitriles is 1. The smallest absolute Gasteiger partial charge is 0.157 e. The van der Waals surface area contributed by atoms with Crippen molar-refractivity contribution in [1.29, 1.82) is 5.26 Å².